The molecule has 0 N–H and O–H groups in total. The van der Waals surface area contributed by atoms with Crippen LogP contribution < -0.4 is 5.63 Å². The van der Waals surface area contributed by atoms with Crippen molar-refractivity contribution in [3.63, 3.8) is 0 Å². The van der Waals surface area contributed by atoms with E-state index in [0.29, 0.717) is 11.0 Å². The van der Waals surface area contributed by atoms with E-state index >= 15 is 0 Å². The van der Waals surface area contributed by atoms with Gasteiger partial charge in [-0.15, -0.1) is 0 Å². The number of benzene rings is 2. The molecule has 4 nitrogen and oxygen atoms in total. The van der Waals surface area contributed by atoms with Gasteiger partial charge in [0.2, 0.25) is 5.78 Å². The molecule has 0 saturated carbocycles. The first kappa shape index (κ1) is 21.0. The molecule has 4 heteroatoms. The van der Waals surface area contributed by atoms with Gasteiger partial charge >= 0.3 is 5.63 Å². The van der Waals surface area contributed by atoms with Gasteiger partial charge in [0, 0.05) is 11.8 Å². The lowest BCUT2D eigenvalue weighted by Crippen LogP contribution is -2.23. The van der Waals surface area contributed by atoms with Crippen LogP contribution in [0.3, 0.4) is 0 Å². The molecule has 3 aromatic rings. The van der Waals surface area contributed by atoms with Crippen LogP contribution in [0.5, 0.6) is 0 Å². The molecule has 1 aromatic heterocycles. The molecule has 0 bridgehead atoms. The fraction of sp³-hybridized carbons (Fsp3) is 0.208. The smallest absolute Gasteiger partial charge is 0.347 e. The van der Waals surface area contributed by atoms with Gasteiger partial charge in [-0.25, -0.2) is 4.79 Å². The largest absolute Gasteiger partial charge is 0.422 e. The molecule has 0 atom stereocenters. The van der Waals surface area contributed by atoms with E-state index in [4.69, 9.17) is 4.42 Å². The van der Waals surface area contributed by atoms with Crippen LogP contribution in [-0.2, 0) is 11.2 Å². The van der Waals surface area contributed by atoms with Crippen molar-refractivity contribution in [1.82, 2.24) is 0 Å². The number of hydrogen-bond donors (Lipinski definition) is 0. The van der Waals surface area contributed by atoms with Crippen LogP contribution in [0.2, 0.25) is 0 Å². The summed E-state index contributed by atoms with van der Waals surface area (Å²) < 4.78 is 5.19. The highest BCUT2D eigenvalue weighted by molar-refractivity contribution is 6.30. The third kappa shape index (κ3) is 4.17. The fourth-order valence-electron chi connectivity index (χ4n) is 2.90. The highest BCUT2D eigenvalue weighted by atomic mass is 16.4. The number of Topliss-reactive ketones (excluding diaryl/α,β-unsaturated/α-hetero) is 2. The summed E-state index contributed by atoms with van der Waals surface area (Å²) >= 11 is 0. The summed E-state index contributed by atoms with van der Waals surface area (Å²) in [4.78, 5) is 37.2. The molecular weight excluding hydrogens is 352 g/mol. The number of rotatable bonds is 2. The molecule has 1 heterocycles. The number of hydrogen-bond acceptors (Lipinski definition) is 4. The topological polar surface area (TPSA) is 64.3 Å². The van der Waals surface area contributed by atoms with E-state index in [2.05, 4.69) is 0 Å². The van der Waals surface area contributed by atoms with Gasteiger partial charge in [0.1, 0.15) is 11.1 Å². The summed E-state index contributed by atoms with van der Waals surface area (Å²) in [6.07, 6.45) is 1.71. The molecule has 2 aromatic carbocycles. The maximum Gasteiger partial charge on any atom is 0.347 e. The third-order valence-corrected chi connectivity index (χ3v) is 4.14. The van der Waals surface area contributed by atoms with Crippen molar-refractivity contribution in [2.75, 3.05) is 0 Å². The predicted octanol–water partition coefficient (Wildman–Crippen LogP) is 5.24. The second-order valence-corrected chi connectivity index (χ2v) is 5.67. The Morgan fingerprint density at radius 1 is 0.893 bits per heavy atom. The SMILES string of the molecule is CC.CC.O=C1Cc2ccccc2C=C1C(=O)c1cc2ccccc2oc1=O. The second kappa shape index (κ2) is 9.60. The average Bonchev–Trinajstić information content (AvgIpc) is 2.75. The molecule has 0 unspecified atom stereocenters. The van der Waals surface area contributed by atoms with E-state index in [-0.39, 0.29) is 23.3 Å². The van der Waals surface area contributed by atoms with E-state index in [1.807, 2.05) is 52.0 Å². The van der Waals surface area contributed by atoms with Crippen molar-refractivity contribution < 1.29 is 14.0 Å². The lowest BCUT2D eigenvalue weighted by Gasteiger charge is -2.14. The Kier molecular flexibility index (Phi) is 7.21. The summed E-state index contributed by atoms with van der Waals surface area (Å²) in [5.74, 6) is -0.875. The van der Waals surface area contributed by atoms with E-state index in [1.165, 1.54) is 6.07 Å². The summed E-state index contributed by atoms with van der Waals surface area (Å²) in [5, 5.41) is 0.643. The zero-order valence-electron chi connectivity index (χ0n) is 16.6. The Morgan fingerprint density at radius 2 is 1.54 bits per heavy atom. The van der Waals surface area contributed by atoms with E-state index in [1.54, 1.807) is 30.3 Å². The molecule has 144 valence electrons. The van der Waals surface area contributed by atoms with Crippen LogP contribution in [0.4, 0.5) is 0 Å². The van der Waals surface area contributed by atoms with Gasteiger partial charge in [-0.1, -0.05) is 70.2 Å². The van der Waals surface area contributed by atoms with Crippen LogP contribution >= 0.6 is 0 Å². The molecule has 0 fully saturated rings. The molecule has 0 amide bonds. The molecule has 28 heavy (non-hydrogen) atoms. The average molecular weight is 376 g/mol. The van der Waals surface area contributed by atoms with Crippen molar-refractivity contribution in [3.8, 4) is 0 Å². The highest BCUT2D eigenvalue weighted by Gasteiger charge is 2.27. The Bertz CT molecular complexity index is 1090. The molecule has 0 spiro atoms. The number of ketones is 2. The van der Waals surface area contributed by atoms with Gasteiger partial charge in [0.05, 0.1) is 5.57 Å². The van der Waals surface area contributed by atoms with Gasteiger partial charge in [-0.2, -0.15) is 0 Å². The van der Waals surface area contributed by atoms with Crippen LogP contribution in [0.25, 0.3) is 17.0 Å². The zero-order valence-corrected chi connectivity index (χ0v) is 16.6. The van der Waals surface area contributed by atoms with Gasteiger partial charge in [0.25, 0.3) is 0 Å². The third-order valence-electron chi connectivity index (χ3n) is 4.14. The molecule has 0 saturated heterocycles. The van der Waals surface area contributed by atoms with Gasteiger partial charge in [-0.05, 0) is 29.3 Å². The van der Waals surface area contributed by atoms with Gasteiger partial charge in [-0.3, -0.25) is 9.59 Å². The van der Waals surface area contributed by atoms with Crippen LogP contribution in [0.15, 0.2) is 69.4 Å². The van der Waals surface area contributed by atoms with Crippen LogP contribution in [0, 0.1) is 0 Å². The first-order valence-corrected chi connectivity index (χ1v) is 9.54. The first-order chi connectivity index (χ1) is 13.6. The summed E-state index contributed by atoms with van der Waals surface area (Å²) in [6.45, 7) is 8.00. The van der Waals surface area contributed by atoms with Gasteiger partial charge < -0.3 is 4.42 Å². The summed E-state index contributed by atoms with van der Waals surface area (Å²) in [5.41, 5.74) is 1.29. The number of allylic oxidation sites excluding steroid dienone is 1. The van der Waals surface area contributed by atoms with Crippen molar-refractivity contribution in [2.45, 2.75) is 34.1 Å². The molecule has 0 aliphatic heterocycles. The summed E-state index contributed by atoms with van der Waals surface area (Å²) in [7, 11) is 0. The molecule has 0 radical (unpaired) electrons. The Hall–Kier alpha value is -3.27. The Balaban J connectivity index is 0.000000660. The Labute approximate surface area is 164 Å². The minimum atomic E-state index is -0.730. The molecule has 4 rings (SSSR count). The number of carbonyl (C=O) groups excluding carboxylic acids is 2. The standard InChI is InChI=1S/C20H12O4.2C2H6/c21-17-11-13-6-2-1-5-12(13)9-15(17)19(22)16-10-14-7-3-4-8-18(14)24-20(16)23;2*1-2/h1-10H,11H2;2*1-2H3. The maximum atomic E-state index is 12.7. The van der Waals surface area contributed by atoms with Crippen molar-refractivity contribution in [3.05, 3.63) is 87.3 Å². The minimum Gasteiger partial charge on any atom is -0.422 e. The number of para-hydroxylation sites is 1. The van der Waals surface area contributed by atoms with Crippen molar-refractivity contribution in [1.29, 1.82) is 0 Å². The van der Waals surface area contributed by atoms with Gasteiger partial charge in [0.15, 0.2) is 5.78 Å². The highest BCUT2D eigenvalue weighted by Crippen LogP contribution is 2.24. The van der Waals surface area contributed by atoms with Crippen LogP contribution in [0.1, 0.15) is 49.2 Å². The van der Waals surface area contributed by atoms with Crippen molar-refractivity contribution >= 4 is 28.6 Å². The predicted molar refractivity (Wildman–Crippen MR) is 113 cm³/mol. The molecular formula is C24H24O4. The first-order valence-electron chi connectivity index (χ1n) is 9.54. The number of carbonyl (C=O) groups is 2. The zero-order chi connectivity index (χ0) is 20.7. The van der Waals surface area contributed by atoms with E-state index in [0.717, 1.165) is 11.1 Å². The fourth-order valence-corrected chi connectivity index (χ4v) is 2.90. The molecule has 1 aliphatic carbocycles. The number of fused-ring (bicyclic) bond motifs is 2. The lowest BCUT2D eigenvalue weighted by molar-refractivity contribution is -0.114. The maximum absolute atomic E-state index is 12.7. The monoisotopic (exact) mass is 376 g/mol. The normalized spacial score (nSPS) is 12.0. The lowest BCUT2D eigenvalue weighted by atomic mass is 9.87. The second-order valence-electron chi connectivity index (χ2n) is 5.67. The van der Waals surface area contributed by atoms with Crippen molar-refractivity contribution in [2.24, 2.45) is 0 Å². The molecule has 1 aliphatic rings. The quantitative estimate of drug-likeness (QED) is 0.349. The van der Waals surface area contributed by atoms with Crippen LogP contribution in [-0.4, -0.2) is 11.6 Å². The minimum absolute atomic E-state index is 0.0243. The van der Waals surface area contributed by atoms with E-state index in [9.17, 15) is 14.4 Å². The van der Waals surface area contributed by atoms with E-state index < -0.39 is 11.4 Å². The summed E-state index contributed by atoms with van der Waals surface area (Å²) in [6, 6.07) is 15.8. The Morgan fingerprint density at radius 3 is 2.29 bits per heavy atom.